The second-order valence-corrected chi connectivity index (χ2v) is 15.1. The predicted octanol–water partition coefficient (Wildman–Crippen LogP) is 6.44. The van der Waals surface area contributed by atoms with Crippen LogP contribution in [0.5, 0.6) is 11.5 Å². The first-order chi connectivity index (χ1) is 26.5. The molecule has 0 amide bonds. The van der Waals surface area contributed by atoms with Crippen molar-refractivity contribution in [1.82, 2.24) is 14.2 Å². The molecule has 1 aromatic heterocycles. The number of methoxy groups -OCH3 is 3. The molecule has 1 aliphatic rings. The van der Waals surface area contributed by atoms with Crippen molar-refractivity contribution in [2.24, 2.45) is 0 Å². The van der Waals surface area contributed by atoms with E-state index < -0.39 is 49.9 Å². The average molecular weight is 775 g/mol. The van der Waals surface area contributed by atoms with E-state index in [1.807, 2.05) is 78.9 Å². The first-order valence-corrected chi connectivity index (χ1v) is 19.4. The van der Waals surface area contributed by atoms with E-state index in [1.54, 1.807) is 21.1 Å². The molecule has 14 heteroatoms. The third-order valence-electron chi connectivity index (χ3n) is 9.49. The Morgan fingerprint density at radius 2 is 1.44 bits per heavy atom. The molecule has 1 aliphatic heterocycles. The molecule has 0 bridgehead atoms. The number of aryl methyl sites for hydroxylation is 1. The molecular weight excluding hydrogens is 723 g/mol. The van der Waals surface area contributed by atoms with Crippen molar-refractivity contribution in [3.8, 4) is 17.6 Å². The Kier molecular flexibility index (Phi) is 14.4. The maximum atomic E-state index is 13.3. The number of H-pyrrole nitrogens is 1. The quantitative estimate of drug-likeness (QED) is 0.0677. The van der Waals surface area contributed by atoms with Crippen molar-refractivity contribution in [2.45, 2.75) is 83.3 Å². The molecule has 1 fully saturated rings. The Balaban J connectivity index is 1.66. The van der Waals surface area contributed by atoms with Gasteiger partial charge < -0.3 is 32.7 Å². The molecule has 55 heavy (non-hydrogen) atoms. The van der Waals surface area contributed by atoms with Gasteiger partial charge in [0.1, 0.15) is 35.4 Å². The highest BCUT2D eigenvalue weighted by Gasteiger charge is 2.51. The maximum absolute atomic E-state index is 13.3. The van der Waals surface area contributed by atoms with Crippen LogP contribution >= 0.6 is 8.53 Å². The van der Waals surface area contributed by atoms with Gasteiger partial charge in [0.25, 0.3) is 14.1 Å². The molecule has 5 atom stereocenters. The van der Waals surface area contributed by atoms with Crippen LogP contribution in [0.4, 0.5) is 0 Å². The van der Waals surface area contributed by atoms with E-state index in [0.717, 1.165) is 16.7 Å². The molecule has 4 aromatic rings. The fourth-order valence-electron chi connectivity index (χ4n) is 6.90. The minimum atomic E-state index is -1.78. The number of aromatic amines is 1. The van der Waals surface area contributed by atoms with Crippen molar-refractivity contribution < 1.29 is 32.7 Å². The van der Waals surface area contributed by atoms with Gasteiger partial charge >= 0.3 is 5.69 Å². The lowest BCUT2D eigenvalue weighted by atomic mass is 9.80. The van der Waals surface area contributed by atoms with Crippen molar-refractivity contribution in [3.05, 3.63) is 128 Å². The minimum absolute atomic E-state index is 0.0161. The summed E-state index contributed by atoms with van der Waals surface area (Å²) in [6.07, 6.45) is -1.91. The summed E-state index contributed by atoms with van der Waals surface area (Å²) in [7, 11) is 2.98. The molecule has 5 unspecified atom stereocenters. The molecule has 0 radical (unpaired) electrons. The zero-order valence-electron chi connectivity index (χ0n) is 32.6. The lowest BCUT2D eigenvalue weighted by Crippen LogP contribution is -2.43. The maximum Gasteiger partial charge on any atom is 0.330 e. The molecule has 0 spiro atoms. The summed E-state index contributed by atoms with van der Waals surface area (Å²) in [4.78, 5) is 28.1. The van der Waals surface area contributed by atoms with E-state index in [4.69, 9.17) is 32.7 Å². The Morgan fingerprint density at radius 1 is 0.873 bits per heavy atom. The number of nitriles is 1. The van der Waals surface area contributed by atoms with Gasteiger partial charge in [-0.15, -0.1) is 0 Å². The molecule has 3 aromatic carbocycles. The lowest BCUT2D eigenvalue weighted by Gasteiger charge is -2.39. The van der Waals surface area contributed by atoms with Gasteiger partial charge in [-0.1, -0.05) is 54.6 Å². The second kappa shape index (κ2) is 19.0. The Hall–Kier alpha value is -4.38. The zero-order chi connectivity index (χ0) is 39.7. The van der Waals surface area contributed by atoms with E-state index in [9.17, 15) is 14.9 Å². The van der Waals surface area contributed by atoms with Crippen LogP contribution in [0.3, 0.4) is 0 Å². The number of aromatic nitrogens is 2. The van der Waals surface area contributed by atoms with Crippen LogP contribution in [-0.2, 0) is 28.9 Å². The summed E-state index contributed by atoms with van der Waals surface area (Å²) in [6, 6.07) is 27.5. The van der Waals surface area contributed by atoms with Crippen LogP contribution in [0, 0.1) is 18.3 Å². The molecule has 1 saturated heterocycles. The summed E-state index contributed by atoms with van der Waals surface area (Å²) in [5, 5.41) is 9.35. The largest absolute Gasteiger partial charge is 0.497 e. The monoisotopic (exact) mass is 774 g/mol. The lowest BCUT2D eigenvalue weighted by molar-refractivity contribution is -0.0958. The van der Waals surface area contributed by atoms with Crippen molar-refractivity contribution in [3.63, 3.8) is 0 Å². The summed E-state index contributed by atoms with van der Waals surface area (Å²) in [5.74, 6) is 1.37. The van der Waals surface area contributed by atoms with Gasteiger partial charge in [0, 0.05) is 31.0 Å². The third-order valence-corrected chi connectivity index (χ3v) is 11.6. The van der Waals surface area contributed by atoms with Gasteiger partial charge in [-0.05, 0) is 75.6 Å². The number of nitrogens with one attached hydrogen (secondary N) is 1. The molecule has 2 heterocycles. The number of benzene rings is 3. The van der Waals surface area contributed by atoms with Crippen LogP contribution in [-0.4, -0.2) is 79.2 Å². The normalized spacial score (nSPS) is 19.2. The fraction of sp³-hybridized carbons (Fsp3) is 0.439. The summed E-state index contributed by atoms with van der Waals surface area (Å²) < 4.78 is 47.9. The minimum Gasteiger partial charge on any atom is -0.497 e. The van der Waals surface area contributed by atoms with Gasteiger partial charge in [0.05, 0.1) is 39.9 Å². The number of hydrogen-bond donors (Lipinski definition) is 1. The smallest absolute Gasteiger partial charge is 0.330 e. The summed E-state index contributed by atoms with van der Waals surface area (Å²) in [6.45, 7) is 9.92. The van der Waals surface area contributed by atoms with E-state index in [1.165, 1.54) is 17.9 Å². The van der Waals surface area contributed by atoms with Crippen LogP contribution in [0.2, 0.25) is 0 Å². The highest BCUT2D eigenvalue weighted by atomic mass is 31.2. The van der Waals surface area contributed by atoms with Gasteiger partial charge in [-0.25, -0.2) is 9.46 Å². The molecule has 294 valence electrons. The predicted molar refractivity (Wildman–Crippen MR) is 209 cm³/mol. The average Bonchev–Trinajstić information content (AvgIpc) is 3.53. The molecule has 13 nitrogen and oxygen atoms in total. The van der Waals surface area contributed by atoms with Crippen LogP contribution in [0.1, 0.15) is 62.6 Å². The van der Waals surface area contributed by atoms with Crippen LogP contribution < -0.4 is 20.7 Å². The molecule has 0 saturated carbocycles. The Labute approximate surface area is 323 Å². The van der Waals surface area contributed by atoms with Crippen LogP contribution in [0.15, 0.2) is 94.6 Å². The third kappa shape index (κ3) is 9.20. The summed E-state index contributed by atoms with van der Waals surface area (Å²) >= 11 is 0. The summed E-state index contributed by atoms with van der Waals surface area (Å²) in [5.41, 5.74) is 0.477. The number of rotatable bonds is 18. The van der Waals surface area contributed by atoms with Gasteiger partial charge in [-0.3, -0.25) is 14.3 Å². The molecule has 5 rings (SSSR count). The standard InChI is InChI=1S/C41H51N4O9P/c1-27(2)45(28(3)4)55(52-24-12-23-42)54-36-35(53-39(37(36)50-8)44-25-29(5)38(46)43-40(44)47)26-51-41(30-13-10-9-11-14-30,31-15-19-33(48-6)20-16-31)32-17-21-34(49-7)22-18-32/h9-11,13-22,25,27-28,35-37,39H,12,24,26H2,1-8H3,(H,43,46,47). The van der Waals surface area contributed by atoms with E-state index in [2.05, 4.69) is 43.4 Å². The molecule has 0 aliphatic carbocycles. The number of hydrogen-bond acceptors (Lipinski definition) is 11. The Morgan fingerprint density at radius 3 is 1.95 bits per heavy atom. The molecular formula is C41H51N4O9P. The van der Waals surface area contributed by atoms with E-state index in [-0.39, 0.29) is 31.7 Å². The highest BCUT2D eigenvalue weighted by Crippen LogP contribution is 2.51. The number of nitrogens with zero attached hydrogens (tertiary/aromatic N) is 3. The van der Waals surface area contributed by atoms with E-state index >= 15 is 0 Å². The van der Waals surface area contributed by atoms with E-state index in [0.29, 0.717) is 17.1 Å². The van der Waals surface area contributed by atoms with Crippen molar-refractivity contribution in [1.29, 1.82) is 5.26 Å². The van der Waals surface area contributed by atoms with Crippen LogP contribution in [0.25, 0.3) is 0 Å². The first-order valence-electron chi connectivity index (χ1n) is 18.2. The first kappa shape index (κ1) is 41.8. The fourth-order valence-corrected chi connectivity index (χ4v) is 8.67. The SMILES string of the molecule is COc1ccc(C(OCC2OC(n3cc(C)c(=O)[nH]c3=O)C(OC)C2OP(OCCC#N)N(C(C)C)C(C)C)(c2ccccc2)c2ccc(OC)cc2)cc1. The highest BCUT2D eigenvalue weighted by molar-refractivity contribution is 7.44. The van der Waals surface area contributed by atoms with Gasteiger partial charge in [0.2, 0.25) is 0 Å². The zero-order valence-corrected chi connectivity index (χ0v) is 33.5. The van der Waals surface area contributed by atoms with Crippen molar-refractivity contribution in [2.75, 3.05) is 34.5 Å². The number of ether oxygens (including phenoxy) is 5. The van der Waals surface area contributed by atoms with Gasteiger partial charge in [-0.2, -0.15) is 5.26 Å². The molecule has 1 N–H and O–H groups in total. The Bertz CT molecular complexity index is 1930. The second-order valence-electron chi connectivity index (χ2n) is 13.7. The van der Waals surface area contributed by atoms with Gasteiger partial charge in [0.15, 0.2) is 6.23 Å². The topological polar surface area (TPSA) is 147 Å². The van der Waals surface area contributed by atoms with Crippen molar-refractivity contribution >= 4 is 8.53 Å².